The van der Waals surface area contributed by atoms with E-state index in [2.05, 4.69) is 6.07 Å². The summed E-state index contributed by atoms with van der Waals surface area (Å²) in [6, 6.07) is 11.1. The molecule has 23 heavy (non-hydrogen) atoms. The van der Waals surface area contributed by atoms with Gasteiger partial charge in [-0.15, -0.1) is 11.6 Å². The van der Waals surface area contributed by atoms with Gasteiger partial charge in [-0.25, -0.2) is 4.39 Å². The predicted molar refractivity (Wildman–Crippen MR) is 87.1 cm³/mol. The number of alkyl halides is 2. The molecule has 1 aliphatic carbocycles. The fourth-order valence-electron chi connectivity index (χ4n) is 3.10. The van der Waals surface area contributed by atoms with Gasteiger partial charge in [-0.3, -0.25) is 4.79 Å². The van der Waals surface area contributed by atoms with Crippen LogP contribution in [0.25, 0.3) is 5.69 Å². The van der Waals surface area contributed by atoms with E-state index in [9.17, 15) is 9.18 Å². The van der Waals surface area contributed by atoms with Crippen LogP contribution >= 0.6 is 11.6 Å². The number of carbonyl (C=O) groups excluding carboxylic acids is 1. The molecule has 0 bridgehead atoms. The van der Waals surface area contributed by atoms with Gasteiger partial charge in [-0.2, -0.15) is 5.26 Å². The Morgan fingerprint density at radius 2 is 2.04 bits per heavy atom. The van der Waals surface area contributed by atoms with Crippen LogP contribution in [0.5, 0.6) is 0 Å². The van der Waals surface area contributed by atoms with Crippen molar-refractivity contribution in [1.82, 2.24) is 4.57 Å². The molecule has 1 aliphatic rings. The number of nitrogens with zero attached hydrogens (tertiary/aromatic N) is 2. The molecule has 0 aliphatic heterocycles. The van der Waals surface area contributed by atoms with Gasteiger partial charge >= 0.3 is 0 Å². The maximum atomic E-state index is 13.3. The molecule has 3 nitrogen and oxygen atoms in total. The molecule has 1 saturated carbocycles. The van der Waals surface area contributed by atoms with E-state index in [0.717, 1.165) is 17.1 Å². The Labute approximate surface area is 139 Å². The molecular weight excluding hydrogens is 315 g/mol. The zero-order valence-electron chi connectivity index (χ0n) is 12.7. The maximum Gasteiger partial charge on any atom is 0.179 e. The maximum absolute atomic E-state index is 13.3. The molecule has 0 atom stereocenters. The second kappa shape index (κ2) is 6.17. The second-order valence-electron chi connectivity index (χ2n) is 5.88. The van der Waals surface area contributed by atoms with Crippen LogP contribution < -0.4 is 0 Å². The minimum absolute atomic E-state index is 0.0753. The molecule has 0 amide bonds. The highest BCUT2D eigenvalue weighted by molar-refractivity contribution is 6.30. The van der Waals surface area contributed by atoms with Crippen molar-refractivity contribution in [2.24, 2.45) is 0 Å². The van der Waals surface area contributed by atoms with Crippen LogP contribution in [0.4, 0.5) is 4.39 Å². The molecule has 0 spiro atoms. The van der Waals surface area contributed by atoms with Crippen molar-refractivity contribution in [3.8, 4) is 11.8 Å². The third kappa shape index (κ3) is 2.77. The van der Waals surface area contributed by atoms with E-state index in [1.807, 2.05) is 29.7 Å². The third-order valence-corrected chi connectivity index (χ3v) is 4.69. The number of hydrogen-bond acceptors (Lipinski definition) is 2. The molecule has 1 fully saturated rings. The van der Waals surface area contributed by atoms with Crippen molar-refractivity contribution in [1.29, 1.82) is 5.26 Å². The topological polar surface area (TPSA) is 45.8 Å². The van der Waals surface area contributed by atoms with Crippen LogP contribution in [-0.2, 0) is 0 Å². The van der Waals surface area contributed by atoms with Crippen LogP contribution in [0.2, 0.25) is 0 Å². The van der Waals surface area contributed by atoms with E-state index in [-0.39, 0.29) is 17.6 Å². The highest BCUT2D eigenvalue weighted by Crippen LogP contribution is 2.41. The average molecular weight is 331 g/mol. The SMILES string of the molecule is Cc1c(C(=O)CCl)cc(C2CC(F)C2)n1-c1ccc(C#N)cc1. The molecule has 3 rings (SSSR count). The number of rotatable bonds is 4. The molecule has 5 heteroatoms. The molecule has 1 aromatic carbocycles. The molecule has 0 unspecified atom stereocenters. The predicted octanol–water partition coefficient (Wildman–Crippen LogP) is 4.29. The van der Waals surface area contributed by atoms with Crippen molar-refractivity contribution in [3.05, 3.63) is 52.8 Å². The van der Waals surface area contributed by atoms with Gasteiger partial charge in [0.25, 0.3) is 0 Å². The van der Waals surface area contributed by atoms with Gasteiger partial charge < -0.3 is 4.57 Å². The highest BCUT2D eigenvalue weighted by Gasteiger charge is 2.34. The number of halogens is 2. The normalized spacial score (nSPS) is 19.9. The first-order valence-electron chi connectivity index (χ1n) is 7.51. The van der Waals surface area contributed by atoms with E-state index in [0.29, 0.717) is 24.0 Å². The Kier molecular flexibility index (Phi) is 4.23. The molecule has 1 heterocycles. The summed E-state index contributed by atoms with van der Waals surface area (Å²) < 4.78 is 15.3. The van der Waals surface area contributed by atoms with Crippen LogP contribution in [0.15, 0.2) is 30.3 Å². The van der Waals surface area contributed by atoms with Crippen molar-refractivity contribution in [2.75, 3.05) is 5.88 Å². The summed E-state index contributed by atoms with van der Waals surface area (Å²) in [5, 5.41) is 8.92. The summed E-state index contributed by atoms with van der Waals surface area (Å²) in [4.78, 5) is 12.1. The first kappa shape index (κ1) is 15.8. The highest BCUT2D eigenvalue weighted by atomic mass is 35.5. The van der Waals surface area contributed by atoms with Gasteiger partial charge in [0, 0.05) is 28.6 Å². The van der Waals surface area contributed by atoms with Gasteiger partial charge in [-0.05, 0) is 50.1 Å². The lowest BCUT2D eigenvalue weighted by molar-refractivity contribution is 0.102. The first-order chi connectivity index (χ1) is 11.0. The van der Waals surface area contributed by atoms with Crippen LogP contribution in [-0.4, -0.2) is 22.4 Å². The number of hydrogen-bond donors (Lipinski definition) is 0. The van der Waals surface area contributed by atoms with Crippen LogP contribution in [0.3, 0.4) is 0 Å². The number of benzene rings is 1. The standard InChI is InChI=1S/C18H16ClFN2O/c1-11-16(18(23)9-19)8-17(13-6-14(20)7-13)22(11)15-4-2-12(10-21)3-5-15/h2-5,8,13-14H,6-7,9H2,1H3. The fraction of sp³-hybridized carbons (Fsp3) is 0.333. The Hall–Kier alpha value is -2.12. The fourth-order valence-corrected chi connectivity index (χ4v) is 3.25. The number of aromatic nitrogens is 1. The average Bonchev–Trinajstić information content (AvgIpc) is 2.88. The molecule has 118 valence electrons. The van der Waals surface area contributed by atoms with Crippen LogP contribution in [0, 0.1) is 18.3 Å². The Morgan fingerprint density at radius 1 is 1.39 bits per heavy atom. The van der Waals surface area contributed by atoms with Crippen molar-refractivity contribution >= 4 is 17.4 Å². The molecule has 0 radical (unpaired) electrons. The van der Waals surface area contributed by atoms with Crippen molar-refractivity contribution < 1.29 is 9.18 Å². The lowest BCUT2D eigenvalue weighted by Gasteiger charge is -2.31. The summed E-state index contributed by atoms with van der Waals surface area (Å²) in [5.74, 6) is -0.0983. The lowest BCUT2D eigenvalue weighted by atomic mass is 9.81. The minimum atomic E-state index is -0.767. The van der Waals surface area contributed by atoms with E-state index in [1.54, 1.807) is 12.1 Å². The molecule has 1 aromatic heterocycles. The molecular formula is C18H16ClFN2O. The van der Waals surface area contributed by atoms with Gasteiger partial charge in [0.1, 0.15) is 6.17 Å². The lowest BCUT2D eigenvalue weighted by Crippen LogP contribution is -2.24. The van der Waals surface area contributed by atoms with Gasteiger partial charge in [0.15, 0.2) is 5.78 Å². The van der Waals surface area contributed by atoms with Crippen molar-refractivity contribution in [3.63, 3.8) is 0 Å². The smallest absolute Gasteiger partial charge is 0.179 e. The van der Waals surface area contributed by atoms with E-state index < -0.39 is 6.17 Å². The second-order valence-corrected chi connectivity index (χ2v) is 6.15. The monoisotopic (exact) mass is 330 g/mol. The third-order valence-electron chi connectivity index (χ3n) is 4.45. The minimum Gasteiger partial charge on any atom is -0.317 e. The van der Waals surface area contributed by atoms with Gasteiger partial charge in [-0.1, -0.05) is 0 Å². The Morgan fingerprint density at radius 3 is 2.57 bits per heavy atom. The molecule has 0 N–H and O–H groups in total. The summed E-state index contributed by atoms with van der Waals surface area (Å²) in [6.07, 6.45) is 0.194. The Bertz CT molecular complexity index is 783. The largest absolute Gasteiger partial charge is 0.317 e. The summed E-state index contributed by atoms with van der Waals surface area (Å²) in [6.45, 7) is 1.87. The van der Waals surface area contributed by atoms with Crippen LogP contribution in [0.1, 0.15) is 46.1 Å². The first-order valence-corrected chi connectivity index (χ1v) is 8.04. The quantitative estimate of drug-likeness (QED) is 0.620. The van der Waals surface area contributed by atoms with Crippen molar-refractivity contribution in [2.45, 2.75) is 31.9 Å². The van der Waals surface area contributed by atoms with E-state index in [4.69, 9.17) is 16.9 Å². The number of carbonyl (C=O) groups is 1. The number of Topliss-reactive ketones (excluding diaryl/α,β-unsaturated/α-hetero) is 1. The summed E-state index contributed by atoms with van der Waals surface area (Å²) >= 11 is 5.70. The van der Waals surface area contributed by atoms with E-state index in [1.165, 1.54) is 0 Å². The Balaban J connectivity index is 2.10. The van der Waals surface area contributed by atoms with Gasteiger partial charge in [0.2, 0.25) is 0 Å². The van der Waals surface area contributed by atoms with Gasteiger partial charge in [0.05, 0.1) is 17.5 Å². The zero-order valence-corrected chi connectivity index (χ0v) is 13.5. The molecule has 2 aromatic rings. The molecule has 0 saturated heterocycles. The zero-order chi connectivity index (χ0) is 16.6. The number of ketones is 1. The number of nitriles is 1. The summed E-state index contributed by atoms with van der Waals surface area (Å²) in [7, 11) is 0. The summed E-state index contributed by atoms with van der Waals surface area (Å²) in [5.41, 5.74) is 3.77. The van der Waals surface area contributed by atoms with E-state index >= 15 is 0 Å².